The SMILES string of the molecule is CCC(NCCCSC)C(N)=NO. The molecule has 4 nitrogen and oxygen atoms in total. The van der Waals surface area contributed by atoms with Crippen LogP contribution in [0.15, 0.2) is 5.16 Å². The van der Waals surface area contributed by atoms with Gasteiger partial charge in [-0.15, -0.1) is 0 Å². The van der Waals surface area contributed by atoms with Crippen LogP contribution in [0.5, 0.6) is 0 Å². The average molecular weight is 205 g/mol. The van der Waals surface area contributed by atoms with Crippen LogP contribution in [-0.4, -0.2) is 35.6 Å². The van der Waals surface area contributed by atoms with E-state index in [2.05, 4.69) is 16.7 Å². The molecule has 0 spiro atoms. The van der Waals surface area contributed by atoms with Gasteiger partial charge in [-0.05, 0) is 31.4 Å². The summed E-state index contributed by atoms with van der Waals surface area (Å²) in [6.07, 6.45) is 4.03. The van der Waals surface area contributed by atoms with Crippen molar-refractivity contribution in [1.29, 1.82) is 0 Å². The van der Waals surface area contributed by atoms with Crippen molar-refractivity contribution < 1.29 is 5.21 Å². The summed E-state index contributed by atoms with van der Waals surface area (Å²) in [5.41, 5.74) is 5.47. The van der Waals surface area contributed by atoms with Crippen molar-refractivity contribution in [1.82, 2.24) is 5.32 Å². The molecule has 5 heteroatoms. The highest BCUT2D eigenvalue weighted by Crippen LogP contribution is 1.96. The Morgan fingerprint density at radius 1 is 1.69 bits per heavy atom. The van der Waals surface area contributed by atoms with Crippen molar-refractivity contribution in [2.45, 2.75) is 25.8 Å². The van der Waals surface area contributed by atoms with Crippen LogP contribution in [0.25, 0.3) is 0 Å². The molecule has 0 aromatic rings. The quantitative estimate of drug-likeness (QED) is 0.189. The largest absolute Gasteiger partial charge is 0.409 e. The molecule has 0 saturated heterocycles. The molecule has 78 valence electrons. The summed E-state index contributed by atoms with van der Waals surface area (Å²) in [4.78, 5) is 0. The third-order valence-electron chi connectivity index (χ3n) is 1.80. The van der Waals surface area contributed by atoms with E-state index in [1.807, 2.05) is 18.7 Å². The maximum absolute atomic E-state index is 8.46. The van der Waals surface area contributed by atoms with E-state index in [1.165, 1.54) is 0 Å². The molecule has 0 rings (SSSR count). The Morgan fingerprint density at radius 2 is 2.38 bits per heavy atom. The second kappa shape index (κ2) is 8.19. The first kappa shape index (κ1) is 12.6. The molecular weight excluding hydrogens is 186 g/mol. The number of rotatable bonds is 7. The first-order valence-electron chi connectivity index (χ1n) is 4.46. The van der Waals surface area contributed by atoms with Crippen LogP contribution >= 0.6 is 11.8 Å². The average Bonchev–Trinajstić information content (AvgIpc) is 2.17. The van der Waals surface area contributed by atoms with E-state index in [9.17, 15) is 0 Å². The van der Waals surface area contributed by atoms with Gasteiger partial charge in [-0.1, -0.05) is 12.1 Å². The first-order chi connectivity index (χ1) is 6.26. The summed E-state index contributed by atoms with van der Waals surface area (Å²) in [5, 5.41) is 14.7. The fourth-order valence-electron chi connectivity index (χ4n) is 1.02. The van der Waals surface area contributed by atoms with Gasteiger partial charge in [0.25, 0.3) is 0 Å². The van der Waals surface area contributed by atoms with Gasteiger partial charge in [0.05, 0.1) is 6.04 Å². The van der Waals surface area contributed by atoms with Gasteiger partial charge in [0, 0.05) is 0 Å². The van der Waals surface area contributed by atoms with Gasteiger partial charge in [-0.25, -0.2) is 0 Å². The zero-order valence-electron chi connectivity index (χ0n) is 8.29. The van der Waals surface area contributed by atoms with Crippen molar-refractivity contribution in [2.75, 3.05) is 18.6 Å². The molecule has 1 atom stereocenters. The second-order valence-corrected chi connectivity index (χ2v) is 3.77. The molecule has 0 aromatic carbocycles. The standard InChI is InChI=1S/C8H19N3OS/c1-3-7(8(9)11-12)10-5-4-6-13-2/h7,10,12H,3-6H2,1-2H3,(H2,9,11). The molecule has 0 fully saturated rings. The number of thioether (sulfide) groups is 1. The maximum Gasteiger partial charge on any atom is 0.156 e. The van der Waals surface area contributed by atoms with E-state index < -0.39 is 0 Å². The molecule has 0 amide bonds. The van der Waals surface area contributed by atoms with Gasteiger partial charge in [0.1, 0.15) is 0 Å². The number of amidine groups is 1. The number of nitrogens with one attached hydrogen (secondary N) is 1. The van der Waals surface area contributed by atoms with Crippen LogP contribution in [0.3, 0.4) is 0 Å². The van der Waals surface area contributed by atoms with Gasteiger partial charge in [-0.2, -0.15) is 11.8 Å². The normalized spacial score (nSPS) is 14.5. The molecule has 0 aliphatic heterocycles. The third kappa shape index (κ3) is 5.76. The smallest absolute Gasteiger partial charge is 0.156 e. The molecule has 1 unspecified atom stereocenters. The third-order valence-corrected chi connectivity index (χ3v) is 2.49. The lowest BCUT2D eigenvalue weighted by molar-refractivity contribution is 0.314. The van der Waals surface area contributed by atoms with Crippen molar-refractivity contribution in [2.24, 2.45) is 10.9 Å². The number of hydrogen-bond acceptors (Lipinski definition) is 4. The summed E-state index contributed by atoms with van der Waals surface area (Å²) in [5.74, 6) is 1.41. The predicted molar refractivity (Wildman–Crippen MR) is 58.5 cm³/mol. The molecule has 0 aliphatic carbocycles. The molecule has 0 aromatic heterocycles. The molecule has 0 bridgehead atoms. The van der Waals surface area contributed by atoms with Gasteiger partial charge in [0.15, 0.2) is 5.84 Å². The first-order valence-corrected chi connectivity index (χ1v) is 5.85. The van der Waals surface area contributed by atoms with E-state index >= 15 is 0 Å². The molecule has 13 heavy (non-hydrogen) atoms. The lowest BCUT2D eigenvalue weighted by Crippen LogP contribution is -2.41. The van der Waals surface area contributed by atoms with Crippen molar-refractivity contribution in [3.8, 4) is 0 Å². The number of nitrogens with zero attached hydrogens (tertiary/aromatic N) is 1. The zero-order valence-corrected chi connectivity index (χ0v) is 9.10. The summed E-state index contributed by atoms with van der Waals surface area (Å²) < 4.78 is 0. The highest BCUT2D eigenvalue weighted by Gasteiger charge is 2.09. The van der Waals surface area contributed by atoms with Gasteiger partial charge in [0.2, 0.25) is 0 Å². The summed E-state index contributed by atoms with van der Waals surface area (Å²) in [6.45, 7) is 2.92. The van der Waals surface area contributed by atoms with Gasteiger partial charge < -0.3 is 16.3 Å². The Balaban J connectivity index is 3.60. The lowest BCUT2D eigenvalue weighted by atomic mass is 10.2. The number of hydrogen-bond donors (Lipinski definition) is 3. The summed E-state index contributed by atoms with van der Waals surface area (Å²) >= 11 is 1.82. The van der Waals surface area contributed by atoms with Crippen LogP contribution in [0.4, 0.5) is 0 Å². The van der Waals surface area contributed by atoms with Crippen LogP contribution in [0.2, 0.25) is 0 Å². The topological polar surface area (TPSA) is 70.6 Å². The maximum atomic E-state index is 8.46. The highest BCUT2D eigenvalue weighted by molar-refractivity contribution is 7.98. The molecule has 0 heterocycles. The summed E-state index contributed by atoms with van der Waals surface area (Å²) in [6, 6.07) is 0.00635. The number of nitrogens with two attached hydrogens (primary N) is 1. The Morgan fingerprint density at radius 3 is 2.85 bits per heavy atom. The molecule has 0 radical (unpaired) electrons. The monoisotopic (exact) mass is 205 g/mol. The minimum atomic E-state index is 0.00635. The van der Waals surface area contributed by atoms with Crippen LogP contribution in [-0.2, 0) is 0 Å². The predicted octanol–water partition coefficient (Wildman–Crippen LogP) is 0.854. The van der Waals surface area contributed by atoms with Crippen LogP contribution in [0, 0.1) is 0 Å². The van der Waals surface area contributed by atoms with Crippen molar-refractivity contribution >= 4 is 17.6 Å². The lowest BCUT2D eigenvalue weighted by Gasteiger charge is -2.14. The summed E-state index contributed by atoms with van der Waals surface area (Å²) in [7, 11) is 0. The van der Waals surface area contributed by atoms with E-state index in [-0.39, 0.29) is 11.9 Å². The highest BCUT2D eigenvalue weighted by atomic mass is 32.2. The van der Waals surface area contributed by atoms with E-state index in [1.54, 1.807) is 0 Å². The van der Waals surface area contributed by atoms with Crippen molar-refractivity contribution in [3.05, 3.63) is 0 Å². The molecule has 4 N–H and O–H groups in total. The minimum Gasteiger partial charge on any atom is -0.409 e. The Bertz CT molecular complexity index is 152. The van der Waals surface area contributed by atoms with Gasteiger partial charge >= 0.3 is 0 Å². The van der Waals surface area contributed by atoms with Gasteiger partial charge in [-0.3, -0.25) is 0 Å². The van der Waals surface area contributed by atoms with E-state index in [0.717, 1.165) is 25.1 Å². The Kier molecular flexibility index (Phi) is 7.93. The van der Waals surface area contributed by atoms with E-state index in [0.29, 0.717) is 0 Å². The van der Waals surface area contributed by atoms with Crippen LogP contribution < -0.4 is 11.1 Å². The molecule has 0 saturated carbocycles. The van der Waals surface area contributed by atoms with E-state index in [4.69, 9.17) is 10.9 Å². The second-order valence-electron chi connectivity index (χ2n) is 2.79. The Hall–Kier alpha value is -0.420. The molecular formula is C8H19N3OS. The zero-order chi connectivity index (χ0) is 10.1. The fraction of sp³-hybridized carbons (Fsp3) is 0.875. The fourth-order valence-corrected chi connectivity index (χ4v) is 1.45. The Labute approximate surface area is 84.0 Å². The van der Waals surface area contributed by atoms with Crippen molar-refractivity contribution in [3.63, 3.8) is 0 Å². The molecule has 0 aliphatic rings. The number of oxime groups is 1. The minimum absolute atomic E-state index is 0.00635. The van der Waals surface area contributed by atoms with Crippen LogP contribution in [0.1, 0.15) is 19.8 Å².